The molecule has 0 fully saturated rings. The summed E-state index contributed by atoms with van der Waals surface area (Å²) in [4.78, 5) is 0. The van der Waals surface area contributed by atoms with Gasteiger partial charge in [0.1, 0.15) is 0 Å². The minimum Gasteiger partial charge on any atom is -1.00 e. The summed E-state index contributed by atoms with van der Waals surface area (Å²) in [5.74, 6) is 0. The van der Waals surface area contributed by atoms with E-state index in [0.717, 1.165) is 12.8 Å². The Bertz CT molecular complexity index is 159. The molecule has 0 heterocycles. The van der Waals surface area contributed by atoms with Crippen LogP contribution < -0.4 is 18.9 Å². The SMILES string of the molecule is C=CCCC1=CC=CC1.[H-].[Li+]. The van der Waals surface area contributed by atoms with Crippen LogP contribution in [0.2, 0.25) is 0 Å². The van der Waals surface area contributed by atoms with E-state index in [-0.39, 0.29) is 20.3 Å². The summed E-state index contributed by atoms with van der Waals surface area (Å²) in [6.07, 6.45) is 12.0. The third-order valence-corrected chi connectivity index (χ3v) is 1.52. The van der Waals surface area contributed by atoms with Crippen LogP contribution in [0.25, 0.3) is 0 Å². The van der Waals surface area contributed by atoms with Crippen molar-refractivity contribution in [3.8, 4) is 0 Å². The van der Waals surface area contributed by atoms with Crippen LogP contribution in [0, 0.1) is 0 Å². The quantitative estimate of drug-likeness (QED) is 0.369. The van der Waals surface area contributed by atoms with Gasteiger partial charge in [-0.2, -0.15) is 0 Å². The molecule has 0 saturated heterocycles. The van der Waals surface area contributed by atoms with Crippen LogP contribution in [0.4, 0.5) is 0 Å². The normalized spacial score (nSPS) is 14.2. The first-order valence-corrected chi connectivity index (χ1v) is 3.39. The Labute approximate surface area is 76.4 Å². The van der Waals surface area contributed by atoms with E-state index in [0.29, 0.717) is 0 Å². The molecule has 0 radical (unpaired) electrons. The molecule has 0 aliphatic heterocycles. The molecule has 0 aromatic rings. The summed E-state index contributed by atoms with van der Waals surface area (Å²) in [6.45, 7) is 3.67. The number of hydrogen-bond donors (Lipinski definition) is 0. The summed E-state index contributed by atoms with van der Waals surface area (Å²) in [7, 11) is 0. The van der Waals surface area contributed by atoms with E-state index in [4.69, 9.17) is 0 Å². The van der Waals surface area contributed by atoms with Gasteiger partial charge in [-0.05, 0) is 19.3 Å². The predicted octanol–water partition coefficient (Wildman–Crippen LogP) is -0.0446. The van der Waals surface area contributed by atoms with Crippen LogP contribution in [-0.4, -0.2) is 0 Å². The van der Waals surface area contributed by atoms with E-state index >= 15 is 0 Å². The van der Waals surface area contributed by atoms with Crippen molar-refractivity contribution >= 4 is 0 Å². The van der Waals surface area contributed by atoms with Crippen LogP contribution in [0.1, 0.15) is 20.7 Å². The van der Waals surface area contributed by atoms with E-state index in [9.17, 15) is 0 Å². The van der Waals surface area contributed by atoms with Crippen molar-refractivity contribution in [2.75, 3.05) is 0 Å². The zero-order valence-corrected chi connectivity index (χ0v) is 6.64. The first kappa shape index (κ1) is 9.82. The van der Waals surface area contributed by atoms with Crippen molar-refractivity contribution in [3.05, 3.63) is 36.5 Å². The molecule has 50 valence electrons. The maximum Gasteiger partial charge on any atom is 1.00 e. The van der Waals surface area contributed by atoms with Crippen molar-refractivity contribution in [2.45, 2.75) is 19.3 Å². The smallest absolute Gasteiger partial charge is 1.00 e. The zero-order valence-electron chi connectivity index (χ0n) is 7.64. The van der Waals surface area contributed by atoms with Crippen molar-refractivity contribution in [3.63, 3.8) is 0 Å². The summed E-state index contributed by atoms with van der Waals surface area (Å²) in [5.41, 5.74) is 1.54. The van der Waals surface area contributed by atoms with Gasteiger partial charge in [-0.1, -0.05) is 29.9 Å². The fourth-order valence-corrected chi connectivity index (χ4v) is 0.964. The molecule has 1 aliphatic rings. The van der Waals surface area contributed by atoms with E-state index in [2.05, 4.69) is 24.8 Å². The van der Waals surface area contributed by atoms with E-state index in [1.54, 1.807) is 0 Å². The molecule has 10 heavy (non-hydrogen) atoms. The van der Waals surface area contributed by atoms with Gasteiger partial charge in [-0.3, -0.25) is 0 Å². The van der Waals surface area contributed by atoms with Gasteiger partial charge in [0.2, 0.25) is 0 Å². The van der Waals surface area contributed by atoms with Crippen molar-refractivity contribution in [1.82, 2.24) is 0 Å². The van der Waals surface area contributed by atoms with Gasteiger partial charge < -0.3 is 1.43 Å². The predicted molar refractivity (Wildman–Crippen MR) is 42.4 cm³/mol. The molecule has 0 bridgehead atoms. The Hall–Kier alpha value is -0.183. The topological polar surface area (TPSA) is 0 Å². The van der Waals surface area contributed by atoms with Gasteiger partial charge in [0, 0.05) is 0 Å². The molecule has 0 atom stereocenters. The maximum absolute atomic E-state index is 3.67. The van der Waals surface area contributed by atoms with Gasteiger partial charge >= 0.3 is 18.9 Å². The second-order valence-electron chi connectivity index (χ2n) is 2.28. The van der Waals surface area contributed by atoms with Gasteiger partial charge in [0.15, 0.2) is 0 Å². The van der Waals surface area contributed by atoms with E-state index in [1.165, 1.54) is 12.0 Å². The first-order valence-electron chi connectivity index (χ1n) is 3.39. The Morgan fingerprint density at radius 1 is 1.70 bits per heavy atom. The fraction of sp³-hybridized carbons (Fsp3) is 0.333. The molecule has 0 spiro atoms. The third-order valence-electron chi connectivity index (χ3n) is 1.52. The monoisotopic (exact) mass is 128 g/mol. The average molecular weight is 128 g/mol. The van der Waals surface area contributed by atoms with Crippen LogP contribution in [0.3, 0.4) is 0 Å². The first-order chi connectivity index (χ1) is 4.43. The molecule has 0 amide bonds. The Morgan fingerprint density at radius 3 is 3.00 bits per heavy atom. The summed E-state index contributed by atoms with van der Waals surface area (Å²) < 4.78 is 0. The van der Waals surface area contributed by atoms with Crippen LogP contribution >= 0.6 is 0 Å². The van der Waals surface area contributed by atoms with Crippen molar-refractivity contribution < 1.29 is 20.3 Å². The molecule has 0 unspecified atom stereocenters. The average Bonchev–Trinajstić information content (AvgIpc) is 2.34. The molecule has 0 aromatic heterocycles. The minimum absolute atomic E-state index is 0. The molecule has 1 rings (SSSR count). The number of rotatable bonds is 3. The number of allylic oxidation sites excluding steroid dienone is 5. The molecule has 1 heteroatoms. The van der Waals surface area contributed by atoms with Gasteiger partial charge in [-0.15, -0.1) is 6.58 Å². The summed E-state index contributed by atoms with van der Waals surface area (Å²) in [5, 5.41) is 0. The number of hydrogen-bond acceptors (Lipinski definition) is 0. The molecule has 0 saturated carbocycles. The van der Waals surface area contributed by atoms with E-state index in [1.807, 2.05) is 6.08 Å². The fourth-order valence-electron chi connectivity index (χ4n) is 0.964. The van der Waals surface area contributed by atoms with Gasteiger partial charge in [-0.25, -0.2) is 0 Å². The summed E-state index contributed by atoms with van der Waals surface area (Å²) >= 11 is 0. The second kappa shape index (κ2) is 5.59. The van der Waals surface area contributed by atoms with Gasteiger partial charge in [0.05, 0.1) is 0 Å². The molecular weight excluding hydrogens is 115 g/mol. The molecule has 0 aromatic carbocycles. The van der Waals surface area contributed by atoms with Crippen LogP contribution in [-0.2, 0) is 0 Å². The van der Waals surface area contributed by atoms with Crippen molar-refractivity contribution in [2.24, 2.45) is 0 Å². The Morgan fingerprint density at radius 2 is 2.50 bits per heavy atom. The molecule has 0 N–H and O–H groups in total. The zero-order chi connectivity index (χ0) is 6.53. The van der Waals surface area contributed by atoms with E-state index < -0.39 is 0 Å². The Kier molecular flexibility index (Phi) is 5.49. The maximum atomic E-state index is 3.67. The third kappa shape index (κ3) is 3.10. The standard InChI is InChI=1S/C9H12.Li.H/c1-2-3-6-9-7-4-5-8-9;;/h2,4-5,7H,1,3,6,8H2;;/q;+1;-1. The van der Waals surface area contributed by atoms with Crippen LogP contribution in [0.15, 0.2) is 36.5 Å². The van der Waals surface area contributed by atoms with Crippen LogP contribution in [0.5, 0.6) is 0 Å². The minimum atomic E-state index is 0. The Balaban J connectivity index is 0. The van der Waals surface area contributed by atoms with Gasteiger partial charge in [0.25, 0.3) is 0 Å². The largest absolute Gasteiger partial charge is 1.00 e. The van der Waals surface area contributed by atoms with Crippen molar-refractivity contribution in [1.29, 1.82) is 0 Å². The molecule has 1 aliphatic carbocycles. The summed E-state index contributed by atoms with van der Waals surface area (Å²) in [6, 6.07) is 0. The second-order valence-corrected chi connectivity index (χ2v) is 2.28. The molecular formula is C9H13Li. The molecule has 0 nitrogen and oxygen atoms in total.